The van der Waals surface area contributed by atoms with E-state index in [2.05, 4.69) is 22.8 Å². The van der Waals surface area contributed by atoms with E-state index in [1.807, 2.05) is 18.2 Å². The molecule has 0 aliphatic carbocycles. The summed E-state index contributed by atoms with van der Waals surface area (Å²) in [6, 6.07) is 13.4. The largest absolute Gasteiger partial charge is 0.376 e. The Kier molecular flexibility index (Phi) is 6.19. The van der Waals surface area contributed by atoms with Gasteiger partial charge in [-0.25, -0.2) is 0 Å². The average Bonchev–Trinajstić information content (AvgIpc) is 3.15. The lowest BCUT2D eigenvalue weighted by Crippen LogP contribution is -2.39. The highest BCUT2D eigenvalue weighted by atomic mass is 32.1. The molecule has 0 spiro atoms. The van der Waals surface area contributed by atoms with E-state index in [0.717, 1.165) is 37.1 Å². The number of rotatable bonds is 6. The Morgan fingerprint density at radius 3 is 2.68 bits per heavy atom. The topological polar surface area (TPSA) is 55.3 Å². The fraction of sp³-hybridized carbons (Fsp3) is 0.368. The predicted molar refractivity (Wildman–Crippen MR) is 103 cm³/mol. The van der Waals surface area contributed by atoms with Crippen LogP contribution < -0.4 is 16.2 Å². The van der Waals surface area contributed by atoms with Crippen LogP contribution in [0.2, 0.25) is 0 Å². The molecule has 3 rings (SSSR count). The fourth-order valence-electron chi connectivity index (χ4n) is 2.81. The van der Waals surface area contributed by atoms with Gasteiger partial charge in [0.25, 0.3) is 5.56 Å². The molecule has 0 unspecified atom stereocenters. The predicted octanol–water partition coefficient (Wildman–Crippen LogP) is 2.04. The van der Waals surface area contributed by atoms with Crippen molar-refractivity contribution in [2.45, 2.75) is 32.0 Å². The molecule has 1 fully saturated rings. The SMILES string of the molecule is O=c1ccccn1Cc1ccc(CNC(=S)NC[C@H]2CCCO2)cc1. The molecule has 0 radical (unpaired) electrons. The lowest BCUT2D eigenvalue weighted by molar-refractivity contribution is 0.114. The molecule has 1 aliphatic heterocycles. The summed E-state index contributed by atoms with van der Waals surface area (Å²) in [5.74, 6) is 0. The first-order valence-electron chi connectivity index (χ1n) is 8.57. The second-order valence-electron chi connectivity index (χ2n) is 6.18. The van der Waals surface area contributed by atoms with Crippen molar-refractivity contribution in [2.24, 2.45) is 0 Å². The lowest BCUT2D eigenvalue weighted by atomic mass is 10.1. The maximum absolute atomic E-state index is 11.7. The second-order valence-corrected chi connectivity index (χ2v) is 6.59. The molecule has 2 N–H and O–H groups in total. The number of hydrogen-bond donors (Lipinski definition) is 2. The molecule has 2 heterocycles. The molecule has 6 heteroatoms. The summed E-state index contributed by atoms with van der Waals surface area (Å²) in [6.07, 6.45) is 4.31. The van der Waals surface area contributed by atoms with Gasteiger partial charge in [0.1, 0.15) is 0 Å². The summed E-state index contributed by atoms with van der Waals surface area (Å²) in [5.41, 5.74) is 2.25. The third-order valence-electron chi connectivity index (χ3n) is 4.24. The molecule has 0 bridgehead atoms. The van der Waals surface area contributed by atoms with Gasteiger partial charge in [0, 0.05) is 32.0 Å². The maximum atomic E-state index is 11.7. The Morgan fingerprint density at radius 2 is 1.96 bits per heavy atom. The Balaban J connectivity index is 1.45. The fourth-order valence-corrected chi connectivity index (χ4v) is 2.96. The number of thiocarbonyl (C=S) groups is 1. The first-order chi connectivity index (χ1) is 12.2. The van der Waals surface area contributed by atoms with Gasteiger partial charge in [-0.3, -0.25) is 4.79 Å². The smallest absolute Gasteiger partial charge is 0.250 e. The van der Waals surface area contributed by atoms with Crippen molar-refractivity contribution in [3.63, 3.8) is 0 Å². The van der Waals surface area contributed by atoms with Crippen LogP contribution in [0.25, 0.3) is 0 Å². The van der Waals surface area contributed by atoms with Crippen molar-refractivity contribution in [2.75, 3.05) is 13.2 Å². The number of hydrogen-bond acceptors (Lipinski definition) is 3. The molecule has 1 aliphatic rings. The van der Waals surface area contributed by atoms with Crippen LogP contribution in [-0.4, -0.2) is 28.9 Å². The van der Waals surface area contributed by atoms with Crippen molar-refractivity contribution in [3.05, 3.63) is 70.1 Å². The Morgan fingerprint density at radius 1 is 1.16 bits per heavy atom. The average molecular weight is 357 g/mol. The quantitative estimate of drug-likeness (QED) is 0.775. The van der Waals surface area contributed by atoms with Crippen LogP contribution in [0, 0.1) is 0 Å². The number of ether oxygens (including phenoxy) is 1. The van der Waals surface area contributed by atoms with E-state index in [1.54, 1.807) is 22.9 Å². The zero-order chi connectivity index (χ0) is 17.5. The summed E-state index contributed by atoms with van der Waals surface area (Å²) in [5, 5.41) is 7.06. The summed E-state index contributed by atoms with van der Waals surface area (Å²) < 4.78 is 7.25. The minimum absolute atomic E-state index is 0.0101. The van der Waals surface area contributed by atoms with Crippen LogP contribution in [0.15, 0.2) is 53.5 Å². The number of benzene rings is 1. The number of nitrogens with zero attached hydrogens (tertiary/aromatic N) is 1. The minimum Gasteiger partial charge on any atom is -0.376 e. The van der Waals surface area contributed by atoms with Crippen molar-refractivity contribution in [3.8, 4) is 0 Å². The molecule has 1 aromatic heterocycles. The highest BCUT2D eigenvalue weighted by Gasteiger charge is 2.15. The van der Waals surface area contributed by atoms with E-state index < -0.39 is 0 Å². The van der Waals surface area contributed by atoms with Gasteiger partial charge in [-0.1, -0.05) is 30.3 Å². The van der Waals surface area contributed by atoms with Crippen LogP contribution in [0.4, 0.5) is 0 Å². The van der Waals surface area contributed by atoms with Gasteiger partial charge in [0.15, 0.2) is 5.11 Å². The van der Waals surface area contributed by atoms with Gasteiger partial charge < -0.3 is 19.9 Å². The number of aromatic nitrogens is 1. The molecule has 25 heavy (non-hydrogen) atoms. The summed E-state index contributed by atoms with van der Waals surface area (Å²) in [7, 11) is 0. The molecular formula is C19H23N3O2S. The van der Waals surface area contributed by atoms with Crippen LogP contribution in [0.1, 0.15) is 24.0 Å². The van der Waals surface area contributed by atoms with E-state index in [0.29, 0.717) is 18.2 Å². The van der Waals surface area contributed by atoms with E-state index in [-0.39, 0.29) is 11.7 Å². The highest BCUT2D eigenvalue weighted by molar-refractivity contribution is 7.80. The molecule has 5 nitrogen and oxygen atoms in total. The van der Waals surface area contributed by atoms with Crippen LogP contribution in [-0.2, 0) is 17.8 Å². The maximum Gasteiger partial charge on any atom is 0.250 e. The highest BCUT2D eigenvalue weighted by Crippen LogP contribution is 2.10. The first-order valence-corrected chi connectivity index (χ1v) is 8.98. The van der Waals surface area contributed by atoms with Crippen molar-refractivity contribution >= 4 is 17.3 Å². The molecule has 1 aromatic carbocycles. The zero-order valence-electron chi connectivity index (χ0n) is 14.1. The van der Waals surface area contributed by atoms with Crippen molar-refractivity contribution in [1.82, 2.24) is 15.2 Å². The second kappa shape index (κ2) is 8.78. The molecule has 1 atom stereocenters. The zero-order valence-corrected chi connectivity index (χ0v) is 14.9. The van der Waals surface area contributed by atoms with Crippen molar-refractivity contribution < 1.29 is 4.74 Å². The summed E-state index contributed by atoms with van der Waals surface area (Å²) in [6.45, 7) is 2.86. The van der Waals surface area contributed by atoms with Crippen LogP contribution in [0.5, 0.6) is 0 Å². The van der Waals surface area contributed by atoms with Crippen molar-refractivity contribution in [1.29, 1.82) is 0 Å². The van der Waals surface area contributed by atoms with Gasteiger partial charge in [-0.2, -0.15) is 0 Å². The number of pyridine rings is 1. The van der Waals surface area contributed by atoms with Gasteiger partial charge >= 0.3 is 0 Å². The van der Waals surface area contributed by atoms with E-state index in [1.165, 1.54) is 0 Å². The summed E-state index contributed by atoms with van der Waals surface area (Å²) >= 11 is 5.30. The molecule has 0 saturated carbocycles. The molecule has 1 saturated heterocycles. The lowest BCUT2D eigenvalue weighted by Gasteiger charge is -2.14. The van der Waals surface area contributed by atoms with Gasteiger partial charge in [0.05, 0.1) is 12.6 Å². The normalized spacial score (nSPS) is 16.6. The standard InChI is InChI=1S/C19H23N3O2S/c23-18-5-1-2-10-22(18)14-16-8-6-15(7-9-16)12-20-19(25)21-13-17-4-3-11-24-17/h1-2,5-10,17H,3-4,11-14H2,(H2,20,21,25)/t17-/m1/s1. The van der Waals surface area contributed by atoms with E-state index in [9.17, 15) is 4.79 Å². The molecular weight excluding hydrogens is 334 g/mol. The molecule has 2 aromatic rings. The monoisotopic (exact) mass is 357 g/mol. The van der Waals surface area contributed by atoms with Gasteiger partial charge in [-0.15, -0.1) is 0 Å². The van der Waals surface area contributed by atoms with Crippen LogP contribution >= 0.6 is 12.2 Å². The third-order valence-corrected chi connectivity index (χ3v) is 4.53. The molecule has 132 valence electrons. The van der Waals surface area contributed by atoms with Gasteiger partial charge in [-0.05, 0) is 42.3 Å². The Bertz CT molecular complexity index is 752. The number of nitrogens with one attached hydrogen (secondary N) is 2. The first kappa shape index (κ1) is 17.6. The third kappa shape index (κ3) is 5.41. The molecule has 0 amide bonds. The minimum atomic E-state index is 0.0101. The Labute approximate surface area is 153 Å². The van der Waals surface area contributed by atoms with Crippen LogP contribution in [0.3, 0.4) is 0 Å². The van der Waals surface area contributed by atoms with E-state index in [4.69, 9.17) is 17.0 Å². The van der Waals surface area contributed by atoms with Gasteiger partial charge in [0.2, 0.25) is 0 Å². The van der Waals surface area contributed by atoms with E-state index >= 15 is 0 Å². The summed E-state index contributed by atoms with van der Waals surface area (Å²) in [4.78, 5) is 11.7. The Hall–Kier alpha value is -2.18.